The van der Waals surface area contributed by atoms with E-state index in [9.17, 15) is 4.79 Å². The molecule has 0 fully saturated rings. The Morgan fingerprint density at radius 1 is 1.42 bits per heavy atom. The van der Waals surface area contributed by atoms with Gasteiger partial charge in [0.1, 0.15) is 0 Å². The second-order valence-corrected chi connectivity index (χ2v) is 10.6. The van der Waals surface area contributed by atoms with E-state index in [1.54, 1.807) is 6.92 Å². The average molecular weight is 248 g/mol. The van der Waals surface area contributed by atoms with Crippen LogP contribution < -0.4 is 5.32 Å². The highest BCUT2D eigenvalue weighted by Gasteiger charge is 2.26. The first kappa shape index (κ1) is 12.9. The zero-order chi connectivity index (χ0) is 9.94. The molecule has 0 aliphatic carbocycles. The first-order valence-corrected chi connectivity index (χ1v) is 8.16. The Morgan fingerprint density at radius 3 is 2.08 bits per heavy atom. The van der Waals surface area contributed by atoms with Gasteiger partial charge >= 0.3 is 0 Å². The van der Waals surface area contributed by atoms with E-state index < -0.39 is 4.74 Å². The lowest BCUT2D eigenvalue weighted by molar-refractivity contribution is -0.112. The third kappa shape index (κ3) is 4.78. The molecule has 0 aromatic rings. The molecule has 1 atom stereocenters. The van der Waals surface area contributed by atoms with Crippen LogP contribution in [0, 0.1) is 0 Å². The van der Waals surface area contributed by atoms with Gasteiger partial charge in [-0.05, 0) is 6.92 Å². The number of carbonyl (C=O) groups is 1. The smallest absolute Gasteiger partial charge is 0.209 e. The minimum Gasteiger partial charge on any atom is -0.305 e. The third-order valence-corrected chi connectivity index (χ3v) is 3.65. The maximum Gasteiger partial charge on any atom is 0.209 e. The predicted molar refractivity (Wildman–Crippen MR) is 58.7 cm³/mol. The maximum atomic E-state index is 11.3. The van der Waals surface area contributed by atoms with Crippen LogP contribution in [0.25, 0.3) is 0 Å². The second-order valence-electron chi connectivity index (χ2n) is 2.84. The number of carbonyl (C=O) groups excluding carboxylic acids is 1. The molecule has 0 amide bonds. The molecular weight excluding hydrogens is 236 g/mol. The van der Waals surface area contributed by atoms with E-state index in [0.717, 1.165) is 0 Å². The topological polar surface area (TPSA) is 29.1 Å². The van der Waals surface area contributed by atoms with Crippen LogP contribution in [0.3, 0.4) is 0 Å². The Labute approximate surface area is 87.6 Å². The summed E-state index contributed by atoms with van der Waals surface area (Å²) in [7, 11) is 0. The summed E-state index contributed by atoms with van der Waals surface area (Å²) in [5.74, 6) is 0. The van der Waals surface area contributed by atoms with Gasteiger partial charge in [-0.1, -0.05) is 48.1 Å². The largest absolute Gasteiger partial charge is 0.305 e. The van der Waals surface area contributed by atoms with Crippen molar-refractivity contribution >= 4 is 44.6 Å². The van der Waals surface area contributed by atoms with Crippen LogP contribution in [-0.2, 0) is 16.6 Å². The third-order valence-electron chi connectivity index (χ3n) is 1.21. The van der Waals surface area contributed by atoms with Crippen molar-refractivity contribution in [2.24, 2.45) is 0 Å². The van der Waals surface area contributed by atoms with Crippen molar-refractivity contribution in [1.82, 2.24) is 5.32 Å². The van der Waals surface area contributed by atoms with Gasteiger partial charge < -0.3 is 5.32 Å². The Morgan fingerprint density at radius 2 is 1.83 bits per heavy atom. The van der Waals surface area contributed by atoms with Crippen LogP contribution in [0.1, 0.15) is 20.8 Å². The molecule has 6 heteroatoms. The van der Waals surface area contributed by atoms with Crippen molar-refractivity contribution in [3.05, 3.63) is 0 Å². The fourth-order valence-electron chi connectivity index (χ4n) is 0.797. The van der Waals surface area contributed by atoms with E-state index in [-0.39, 0.29) is 17.6 Å². The quantitative estimate of drug-likeness (QED) is 0.775. The molecular formula is C6H12Cl2NOPS. The Bertz CT molecular complexity index is 216. The molecule has 72 valence electrons. The summed E-state index contributed by atoms with van der Waals surface area (Å²) in [4.78, 5) is 11.3. The summed E-state index contributed by atoms with van der Waals surface area (Å²) < 4.78 is -2.79. The summed E-state index contributed by atoms with van der Waals surface area (Å²) in [6, 6.07) is -0.135. The van der Waals surface area contributed by atoms with Gasteiger partial charge in [0, 0.05) is 6.04 Å². The van der Waals surface area contributed by atoms with E-state index in [1.165, 1.54) is 0 Å². The van der Waals surface area contributed by atoms with Crippen molar-refractivity contribution in [3.8, 4) is 0 Å². The van der Waals surface area contributed by atoms with Crippen LogP contribution in [0.4, 0.5) is 0 Å². The van der Waals surface area contributed by atoms with Gasteiger partial charge in [0.25, 0.3) is 0 Å². The SMILES string of the molecule is CC(C)NC(C)C(=O)P(=S)(Cl)Cl. The Balaban J connectivity index is 4.22. The molecule has 0 saturated carbocycles. The van der Waals surface area contributed by atoms with Crippen LogP contribution in [0.5, 0.6) is 0 Å². The van der Waals surface area contributed by atoms with Gasteiger partial charge in [-0.15, -0.1) is 0 Å². The molecule has 0 aliphatic rings. The summed E-state index contributed by atoms with van der Waals surface area (Å²) in [5, 5.41) is 2.99. The molecule has 0 aromatic carbocycles. The lowest BCUT2D eigenvalue weighted by Gasteiger charge is -2.16. The number of halogens is 2. The summed E-state index contributed by atoms with van der Waals surface area (Å²) in [6.45, 7) is 5.60. The van der Waals surface area contributed by atoms with Gasteiger partial charge in [0.05, 0.1) is 6.04 Å². The fourth-order valence-corrected chi connectivity index (χ4v) is 2.67. The number of hydrogen-bond donors (Lipinski definition) is 1. The van der Waals surface area contributed by atoms with E-state index >= 15 is 0 Å². The normalized spacial score (nSPS) is 14.8. The van der Waals surface area contributed by atoms with Crippen molar-refractivity contribution in [2.75, 3.05) is 0 Å². The van der Waals surface area contributed by atoms with E-state index in [2.05, 4.69) is 17.1 Å². The van der Waals surface area contributed by atoms with E-state index in [4.69, 9.17) is 22.5 Å². The lowest BCUT2D eigenvalue weighted by Crippen LogP contribution is -2.37. The molecule has 0 radical (unpaired) electrons. The first-order valence-electron chi connectivity index (χ1n) is 3.55. The molecule has 0 saturated heterocycles. The molecule has 0 spiro atoms. The van der Waals surface area contributed by atoms with Gasteiger partial charge in [-0.25, -0.2) is 0 Å². The maximum absolute atomic E-state index is 11.3. The molecule has 12 heavy (non-hydrogen) atoms. The van der Waals surface area contributed by atoms with E-state index in [0.29, 0.717) is 0 Å². The summed E-state index contributed by atoms with van der Waals surface area (Å²) in [5.41, 5.74) is -0.269. The van der Waals surface area contributed by atoms with E-state index in [1.807, 2.05) is 13.8 Å². The average Bonchev–Trinajstić information content (AvgIpc) is 1.82. The van der Waals surface area contributed by atoms with Crippen molar-refractivity contribution in [1.29, 1.82) is 0 Å². The summed E-state index contributed by atoms with van der Waals surface area (Å²) in [6.07, 6.45) is 0. The van der Waals surface area contributed by atoms with Crippen molar-refractivity contribution < 1.29 is 4.79 Å². The standard InChI is InChI=1S/C6H12Cl2NOPS/c1-4(2)9-5(3)6(10)11(7,8)12/h4-5,9H,1-3H3. The molecule has 1 unspecified atom stereocenters. The molecule has 0 aliphatic heterocycles. The molecule has 0 rings (SSSR count). The zero-order valence-electron chi connectivity index (χ0n) is 7.17. The molecule has 2 nitrogen and oxygen atoms in total. The lowest BCUT2D eigenvalue weighted by atomic mass is 10.3. The molecule has 0 heterocycles. The predicted octanol–water partition coefficient (Wildman–Crippen LogP) is 2.69. The van der Waals surface area contributed by atoms with Gasteiger partial charge in [-0.3, -0.25) is 4.79 Å². The zero-order valence-corrected chi connectivity index (χ0v) is 10.4. The minimum atomic E-state index is -2.79. The fraction of sp³-hybridized carbons (Fsp3) is 0.833. The number of rotatable bonds is 4. The van der Waals surface area contributed by atoms with Crippen molar-refractivity contribution in [3.63, 3.8) is 0 Å². The Kier molecular flexibility index (Phi) is 5.27. The van der Waals surface area contributed by atoms with Gasteiger partial charge in [-0.2, -0.15) is 0 Å². The highest BCUT2D eigenvalue weighted by molar-refractivity contribution is 8.46. The van der Waals surface area contributed by atoms with Crippen LogP contribution >= 0.6 is 27.2 Å². The summed E-state index contributed by atoms with van der Waals surface area (Å²) >= 11 is 15.8. The minimum absolute atomic E-state index is 0.221. The van der Waals surface area contributed by atoms with Crippen molar-refractivity contribution in [2.45, 2.75) is 32.9 Å². The molecule has 0 aromatic heterocycles. The van der Waals surface area contributed by atoms with Gasteiger partial charge in [0.15, 0.2) is 4.74 Å². The monoisotopic (exact) mass is 247 g/mol. The van der Waals surface area contributed by atoms with Crippen LogP contribution in [0.2, 0.25) is 0 Å². The highest BCUT2D eigenvalue weighted by Crippen LogP contribution is 2.58. The number of hydrogen-bond acceptors (Lipinski definition) is 3. The number of nitrogens with one attached hydrogen (secondary N) is 1. The molecule has 1 N–H and O–H groups in total. The second kappa shape index (κ2) is 4.92. The van der Waals surface area contributed by atoms with Crippen LogP contribution in [0.15, 0.2) is 0 Å². The van der Waals surface area contributed by atoms with Crippen LogP contribution in [-0.4, -0.2) is 17.6 Å². The van der Waals surface area contributed by atoms with Gasteiger partial charge in [0.2, 0.25) is 5.52 Å². The Hall–Kier alpha value is 0.860. The first-order chi connectivity index (χ1) is 5.25. The molecule has 0 bridgehead atoms. The highest BCUT2D eigenvalue weighted by atomic mass is 35.9.